The van der Waals surface area contributed by atoms with Gasteiger partial charge in [0.1, 0.15) is 18.4 Å². The lowest BCUT2D eigenvalue weighted by Crippen LogP contribution is -2.58. The number of hydrogen-bond donors (Lipinski definition) is 2. The van der Waals surface area contributed by atoms with Gasteiger partial charge in [-0.15, -0.1) is 0 Å². The van der Waals surface area contributed by atoms with E-state index in [2.05, 4.69) is 27.3 Å². The largest absolute Gasteiger partial charge is 0.483 e. The first-order valence-corrected chi connectivity index (χ1v) is 8.13. The number of carbonyl (C=O) groups excluding carboxylic acids is 1. The first-order valence-electron chi connectivity index (χ1n) is 8.63. The van der Waals surface area contributed by atoms with Gasteiger partial charge in [-0.1, -0.05) is 0 Å². The van der Waals surface area contributed by atoms with Crippen molar-refractivity contribution >= 4 is 28.3 Å². The van der Waals surface area contributed by atoms with Crippen LogP contribution < -0.4 is 20.4 Å². The number of anilines is 1. The van der Waals surface area contributed by atoms with Crippen LogP contribution in [0.2, 0.25) is 0 Å². The van der Waals surface area contributed by atoms with Gasteiger partial charge in [-0.2, -0.15) is 5.10 Å². The van der Waals surface area contributed by atoms with Crippen LogP contribution in [0.15, 0.2) is 29.5 Å². The molecule has 0 saturated carbocycles. The third kappa shape index (κ3) is 1.70. The standard InChI is InChI=1S/C17H19N5O2/c1-10-16(23)20-19-15-7-24-14-5-11-3-4-21(17(2)8-18-9-17)12(11)6-13(14)22(10)15/h3-6,10,18H,7-9H2,1-2H3,(H,20,23)/i3D. The normalized spacial score (nSPS) is 25.0. The van der Waals surface area contributed by atoms with Gasteiger partial charge in [0, 0.05) is 24.7 Å². The fraction of sp³-hybridized carbons (Fsp3) is 0.412. The summed E-state index contributed by atoms with van der Waals surface area (Å²) in [6.45, 7) is 6.09. The van der Waals surface area contributed by atoms with Crippen molar-refractivity contribution in [3.63, 3.8) is 0 Å². The van der Waals surface area contributed by atoms with Crippen molar-refractivity contribution in [1.82, 2.24) is 15.3 Å². The molecule has 4 heterocycles. The topological polar surface area (TPSA) is 70.9 Å². The Morgan fingerprint density at radius 2 is 2.29 bits per heavy atom. The number of fused-ring (bicyclic) bond motifs is 4. The molecule has 1 aromatic heterocycles. The number of benzene rings is 1. The van der Waals surface area contributed by atoms with Crippen molar-refractivity contribution < 1.29 is 10.9 Å². The van der Waals surface area contributed by atoms with E-state index >= 15 is 0 Å². The highest BCUT2D eigenvalue weighted by atomic mass is 16.5. The molecule has 24 heavy (non-hydrogen) atoms. The third-order valence-electron chi connectivity index (χ3n) is 5.24. The number of aromatic nitrogens is 1. The van der Waals surface area contributed by atoms with Crippen LogP contribution in [0.4, 0.5) is 5.69 Å². The lowest BCUT2D eigenvalue weighted by molar-refractivity contribution is -0.122. The molecule has 1 atom stereocenters. The number of hydrogen-bond acceptors (Lipinski definition) is 5. The van der Waals surface area contributed by atoms with Crippen molar-refractivity contribution in [2.24, 2.45) is 5.10 Å². The lowest BCUT2D eigenvalue weighted by Gasteiger charge is -2.42. The van der Waals surface area contributed by atoms with E-state index in [0.717, 1.165) is 29.7 Å². The molecule has 5 rings (SSSR count). The molecule has 1 fully saturated rings. The van der Waals surface area contributed by atoms with Crippen molar-refractivity contribution in [1.29, 1.82) is 0 Å². The number of ether oxygens (including phenoxy) is 1. The minimum Gasteiger partial charge on any atom is -0.483 e. The first kappa shape index (κ1) is 12.8. The number of hydrazone groups is 1. The van der Waals surface area contributed by atoms with Gasteiger partial charge in [0.15, 0.2) is 5.84 Å². The Morgan fingerprint density at radius 3 is 3.04 bits per heavy atom. The Morgan fingerprint density at radius 1 is 1.46 bits per heavy atom. The lowest BCUT2D eigenvalue weighted by atomic mass is 9.94. The SMILES string of the molecule is [2H]c1cn(C2(C)CNC2)c2cc3c(cc12)OCC1=NNC(=O)C(C)N13. The molecule has 3 aliphatic heterocycles. The van der Waals surface area contributed by atoms with E-state index in [1.54, 1.807) is 0 Å². The van der Waals surface area contributed by atoms with Crippen LogP contribution in [0.3, 0.4) is 0 Å². The van der Waals surface area contributed by atoms with Crippen LogP contribution in [0.5, 0.6) is 5.75 Å². The molecule has 0 aliphatic carbocycles. The summed E-state index contributed by atoms with van der Waals surface area (Å²) in [7, 11) is 0. The Hall–Kier alpha value is -2.54. The predicted molar refractivity (Wildman–Crippen MR) is 91.5 cm³/mol. The molecule has 7 nitrogen and oxygen atoms in total. The fourth-order valence-electron chi connectivity index (χ4n) is 3.68. The Bertz CT molecular complexity index is 946. The monoisotopic (exact) mass is 326 g/mol. The quantitative estimate of drug-likeness (QED) is 0.820. The second-order valence-corrected chi connectivity index (χ2v) is 6.92. The highest BCUT2D eigenvalue weighted by molar-refractivity contribution is 6.10. The number of amides is 1. The molecule has 1 saturated heterocycles. The van der Waals surface area contributed by atoms with Gasteiger partial charge >= 0.3 is 0 Å². The maximum Gasteiger partial charge on any atom is 0.262 e. The van der Waals surface area contributed by atoms with Crippen molar-refractivity contribution in [3.05, 3.63) is 24.4 Å². The fourth-order valence-corrected chi connectivity index (χ4v) is 3.68. The van der Waals surface area contributed by atoms with Crippen LogP contribution in [-0.2, 0) is 10.3 Å². The van der Waals surface area contributed by atoms with E-state index in [-0.39, 0.29) is 17.5 Å². The molecular formula is C17H19N5O2. The maximum absolute atomic E-state index is 12.1. The Balaban J connectivity index is 1.73. The van der Waals surface area contributed by atoms with Gasteiger partial charge in [-0.25, -0.2) is 5.43 Å². The number of nitrogens with zero attached hydrogens (tertiary/aromatic N) is 3. The van der Waals surface area contributed by atoms with Gasteiger partial charge in [0.25, 0.3) is 5.91 Å². The molecule has 1 amide bonds. The highest BCUT2D eigenvalue weighted by Gasteiger charge is 2.37. The predicted octanol–water partition coefficient (Wildman–Crippen LogP) is 0.990. The zero-order valence-corrected chi connectivity index (χ0v) is 13.6. The maximum atomic E-state index is 12.1. The van der Waals surface area contributed by atoms with E-state index in [0.29, 0.717) is 24.2 Å². The summed E-state index contributed by atoms with van der Waals surface area (Å²) in [4.78, 5) is 14.0. The number of rotatable bonds is 1. The van der Waals surface area contributed by atoms with Gasteiger partial charge < -0.3 is 19.5 Å². The highest BCUT2D eigenvalue weighted by Crippen LogP contribution is 2.40. The van der Waals surface area contributed by atoms with Crippen LogP contribution in [-0.4, -0.2) is 42.0 Å². The molecule has 0 radical (unpaired) electrons. The molecule has 124 valence electrons. The first-order chi connectivity index (χ1) is 12.0. The summed E-state index contributed by atoms with van der Waals surface area (Å²) in [6.07, 6.45) is 1.89. The summed E-state index contributed by atoms with van der Waals surface area (Å²) < 4.78 is 16.4. The molecule has 0 bridgehead atoms. The van der Waals surface area contributed by atoms with E-state index in [4.69, 9.17) is 6.11 Å². The number of carbonyl (C=O) groups is 1. The molecule has 1 unspecified atom stereocenters. The summed E-state index contributed by atoms with van der Waals surface area (Å²) in [5.41, 5.74) is 4.31. The van der Waals surface area contributed by atoms with Gasteiger partial charge in [0.2, 0.25) is 0 Å². The van der Waals surface area contributed by atoms with Crippen molar-refractivity contribution in [3.8, 4) is 5.75 Å². The minimum atomic E-state index is -0.354. The average Bonchev–Trinajstić information content (AvgIpc) is 2.90. The van der Waals surface area contributed by atoms with Crippen molar-refractivity contribution in [2.75, 3.05) is 24.6 Å². The summed E-state index contributed by atoms with van der Waals surface area (Å²) >= 11 is 0. The minimum absolute atomic E-state index is 0.0386. The van der Waals surface area contributed by atoms with E-state index in [9.17, 15) is 4.79 Å². The second-order valence-electron chi connectivity index (χ2n) is 6.92. The molecule has 7 heteroatoms. The number of amidine groups is 1. The van der Waals surface area contributed by atoms with Gasteiger partial charge in [-0.05, 0) is 32.0 Å². The molecule has 1 aromatic carbocycles. The van der Waals surface area contributed by atoms with E-state index in [1.165, 1.54) is 0 Å². The van der Waals surface area contributed by atoms with Gasteiger partial charge in [0.05, 0.1) is 18.1 Å². The summed E-state index contributed by atoms with van der Waals surface area (Å²) in [5, 5.41) is 8.30. The smallest absolute Gasteiger partial charge is 0.262 e. The van der Waals surface area contributed by atoms with Crippen LogP contribution >= 0.6 is 0 Å². The van der Waals surface area contributed by atoms with Crippen LogP contribution in [0.25, 0.3) is 10.9 Å². The molecule has 2 N–H and O–H groups in total. The second kappa shape index (κ2) is 4.51. The molecule has 0 spiro atoms. The van der Waals surface area contributed by atoms with E-state index in [1.807, 2.05) is 30.2 Å². The van der Waals surface area contributed by atoms with Crippen LogP contribution in [0.1, 0.15) is 15.2 Å². The zero-order chi connectivity index (χ0) is 17.3. The molecule has 2 aromatic rings. The summed E-state index contributed by atoms with van der Waals surface area (Å²) in [5.74, 6) is 1.25. The summed E-state index contributed by atoms with van der Waals surface area (Å²) in [6, 6.07) is 4.07. The third-order valence-corrected chi connectivity index (χ3v) is 5.24. The Kier molecular flexibility index (Phi) is 2.41. The Labute approximate surface area is 140 Å². The zero-order valence-electron chi connectivity index (χ0n) is 14.6. The average molecular weight is 326 g/mol. The van der Waals surface area contributed by atoms with Crippen molar-refractivity contribution in [2.45, 2.75) is 25.4 Å². The van der Waals surface area contributed by atoms with Gasteiger partial charge in [-0.3, -0.25) is 4.79 Å². The number of nitrogens with one attached hydrogen (secondary N) is 2. The van der Waals surface area contributed by atoms with E-state index < -0.39 is 0 Å². The van der Waals surface area contributed by atoms with Crippen LogP contribution in [0, 0.1) is 0 Å². The molecular weight excluding hydrogens is 306 g/mol. The molecule has 3 aliphatic rings.